The number of anilines is 1. The van der Waals surface area contributed by atoms with Crippen molar-refractivity contribution in [3.05, 3.63) is 57.8 Å². The van der Waals surface area contributed by atoms with Crippen LogP contribution in [0.5, 0.6) is 0 Å². The molecule has 0 aliphatic carbocycles. The van der Waals surface area contributed by atoms with Crippen molar-refractivity contribution >= 4 is 40.6 Å². The second-order valence-corrected chi connectivity index (χ2v) is 4.76. The molecule has 1 amide bonds. The molecule has 0 bridgehead atoms. The van der Waals surface area contributed by atoms with Crippen molar-refractivity contribution in [2.24, 2.45) is 0 Å². The van der Waals surface area contributed by atoms with Crippen molar-refractivity contribution in [2.75, 3.05) is 5.32 Å². The number of hydrogen-bond acceptors (Lipinski definition) is 2. The van der Waals surface area contributed by atoms with Crippen molar-refractivity contribution in [3.8, 4) is 0 Å². The number of nitrogens with one attached hydrogen (secondary N) is 1. The molecule has 0 radical (unpaired) electrons. The van der Waals surface area contributed by atoms with E-state index in [-0.39, 0.29) is 5.91 Å². The standard InChI is InChI=1S/C13H10ClNOS/c14-10-3-1-4-11(9-10)15-13(16)7-6-12-5-2-8-17-12/h1-9H,(H,15,16)/b7-6+. The van der Waals surface area contributed by atoms with Crippen LogP contribution in [0.4, 0.5) is 5.69 Å². The van der Waals surface area contributed by atoms with Gasteiger partial charge in [0.2, 0.25) is 5.91 Å². The first-order valence-corrected chi connectivity index (χ1v) is 6.28. The van der Waals surface area contributed by atoms with Gasteiger partial charge in [-0.15, -0.1) is 11.3 Å². The van der Waals surface area contributed by atoms with Gasteiger partial charge in [-0.3, -0.25) is 4.79 Å². The highest BCUT2D eigenvalue weighted by Crippen LogP contribution is 2.15. The molecule has 0 unspecified atom stereocenters. The molecule has 0 spiro atoms. The van der Waals surface area contributed by atoms with E-state index in [4.69, 9.17) is 11.6 Å². The molecule has 1 aromatic heterocycles. The number of thiophene rings is 1. The summed E-state index contributed by atoms with van der Waals surface area (Å²) >= 11 is 7.40. The maximum absolute atomic E-state index is 11.6. The number of rotatable bonds is 3. The zero-order chi connectivity index (χ0) is 12.1. The summed E-state index contributed by atoms with van der Waals surface area (Å²) < 4.78 is 0. The zero-order valence-electron chi connectivity index (χ0n) is 8.89. The zero-order valence-corrected chi connectivity index (χ0v) is 10.5. The Morgan fingerprint density at radius 2 is 2.18 bits per heavy atom. The minimum absolute atomic E-state index is 0.166. The quantitative estimate of drug-likeness (QED) is 0.832. The SMILES string of the molecule is O=C(/C=C/c1cccs1)Nc1cccc(Cl)c1. The summed E-state index contributed by atoms with van der Waals surface area (Å²) in [5.41, 5.74) is 0.693. The van der Waals surface area contributed by atoms with Crippen LogP contribution in [-0.2, 0) is 4.79 Å². The molecule has 2 aromatic rings. The van der Waals surface area contributed by atoms with Gasteiger partial charge in [0.25, 0.3) is 0 Å². The fourth-order valence-electron chi connectivity index (χ4n) is 1.29. The minimum Gasteiger partial charge on any atom is -0.322 e. The first kappa shape index (κ1) is 11.9. The normalized spacial score (nSPS) is 10.6. The lowest BCUT2D eigenvalue weighted by molar-refractivity contribution is -0.111. The van der Waals surface area contributed by atoms with Crippen LogP contribution < -0.4 is 5.32 Å². The van der Waals surface area contributed by atoms with Gasteiger partial charge in [0, 0.05) is 21.7 Å². The van der Waals surface area contributed by atoms with E-state index in [0.29, 0.717) is 10.7 Å². The number of hydrogen-bond donors (Lipinski definition) is 1. The minimum atomic E-state index is -0.166. The second-order valence-electron chi connectivity index (χ2n) is 3.35. The molecule has 86 valence electrons. The maximum atomic E-state index is 11.6. The Kier molecular flexibility index (Phi) is 3.96. The summed E-state index contributed by atoms with van der Waals surface area (Å²) in [7, 11) is 0. The average molecular weight is 264 g/mol. The molecule has 1 aromatic carbocycles. The van der Waals surface area contributed by atoms with Gasteiger partial charge in [0.1, 0.15) is 0 Å². The Morgan fingerprint density at radius 1 is 1.29 bits per heavy atom. The predicted octanol–water partition coefficient (Wildman–Crippen LogP) is 4.05. The lowest BCUT2D eigenvalue weighted by atomic mass is 10.3. The van der Waals surface area contributed by atoms with E-state index >= 15 is 0 Å². The topological polar surface area (TPSA) is 29.1 Å². The van der Waals surface area contributed by atoms with E-state index in [0.717, 1.165) is 4.88 Å². The van der Waals surface area contributed by atoms with Gasteiger partial charge in [-0.05, 0) is 35.7 Å². The number of benzene rings is 1. The summed E-state index contributed by atoms with van der Waals surface area (Å²) in [6.07, 6.45) is 3.29. The van der Waals surface area contributed by atoms with Crippen LogP contribution in [-0.4, -0.2) is 5.91 Å². The number of amides is 1. The third-order valence-corrected chi connectivity index (χ3v) is 3.11. The average Bonchev–Trinajstić information content (AvgIpc) is 2.79. The monoisotopic (exact) mass is 263 g/mol. The van der Waals surface area contributed by atoms with Crippen LogP contribution >= 0.6 is 22.9 Å². The van der Waals surface area contributed by atoms with Crippen LogP contribution in [0.2, 0.25) is 5.02 Å². The van der Waals surface area contributed by atoms with Gasteiger partial charge in [0.15, 0.2) is 0 Å². The Labute approximate surface area is 109 Å². The first-order chi connectivity index (χ1) is 8.24. The first-order valence-electron chi connectivity index (χ1n) is 5.02. The van der Waals surface area contributed by atoms with Crippen LogP contribution in [0.25, 0.3) is 6.08 Å². The fraction of sp³-hybridized carbons (Fsp3) is 0. The molecule has 17 heavy (non-hydrogen) atoms. The van der Waals surface area contributed by atoms with E-state index in [1.54, 1.807) is 41.7 Å². The highest BCUT2D eigenvalue weighted by atomic mass is 35.5. The molecule has 4 heteroatoms. The molecule has 2 nitrogen and oxygen atoms in total. The van der Waals surface area contributed by atoms with Crippen molar-refractivity contribution in [2.45, 2.75) is 0 Å². The summed E-state index contributed by atoms with van der Waals surface area (Å²) in [5.74, 6) is -0.166. The van der Waals surface area contributed by atoms with Crippen molar-refractivity contribution in [3.63, 3.8) is 0 Å². The molecule has 0 saturated carbocycles. The van der Waals surface area contributed by atoms with E-state index in [2.05, 4.69) is 5.32 Å². The fourth-order valence-corrected chi connectivity index (χ4v) is 2.10. The lowest BCUT2D eigenvalue weighted by Crippen LogP contribution is -2.07. The van der Waals surface area contributed by atoms with Gasteiger partial charge >= 0.3 is 0 Å². The maximum Gasteiger partial charge on any atom is 0.248 e. The Morgan fingerprint density at radius 3 is 2.88 bits per heavy atom. The van der Waals surface area contributed by atoms with E-state index in [9.17, 15) is 4.79 Å². The largest absolute Gasteiger partial charge is 0.322 e. The number of halogens is 1. The van der Waals surface area contributed by atoms with Gasteiger partial charge in [-0.1, -0.05) is 23.7 Å². The third-order valence-electron chi connectivity index (χ3n) is 2.03. The second kappa shape index (κ2) is 5.66. The highest BCUT2D eigenvalue weighted by Gasteiger charge is 1.98. The van der Waals surface area contributed by atoms with Crippen LogP contribution in [0, 0.1) is 0 Å². The summed E-state index contributed by atoms with van der Waals surface area (Å²) in [5, 5.41) is 5.31. The molecule has 0 saturated heterocycles. The highest BCUT2D eigenvalue weighted by molar-refractivity contribution is 7.10. The predicted molar refractivity (Wildman–Crippen MR) is 73.4 cm³/mol. The molecular formula is C13H10ClNOS. The summed E-state index contributed by atoms with van der Waals surface area (Å²) in [6, 6.07) is 11.0. The van der Waals surface area contributed by atoms with Gasteiger partial charge in [-0.2, -0.15) is 0 Å². The van der Waals surface area contributed by atoms with Gasteiger partial charge < -0.3 is 5.32 Å². The van der Waals surface area contributed by atoms with Crippen molar-refractivity contribution in [1.82, 2.24) is 0 Å². The van der Waals surface area contributed by atoms with Crippen LogP contribution in [0.3, 0.4) is 0 Å². The van der Waals surface area contributed by atoms with E-state index in [1.165, 1.54) is 6.08 Å². The van der Waals surface area contributed by atoms with Gasteiger partial charge in [-0.25, -0.2) is 0 Å². The molecule has 2 rings (SSSR count). The molecule has 1 heterocycles. The molecular weight excluding hydrogens is 254 g/mol. The number of carbonyl (C=O) groups is 1. The Hall–Kier alpha value is -1.58. The van der Waals surface area contributed by atoms with Crippen molar-refractivity contribution in [1.29, 1.82) is 0 Å². The van der Waals surface area contributed by atoms with E-state index in [1.807, 2.05) is 17.5 Å². The van der Waals surface area contributed by atoms with Crippen molar-refractivity contribution < 1.29 is 4.79 Å². The molecule has 0 atom stereocenters. The van der Waals surface area contributed by atoms with Crippen LogP contribution in [0.15, 0.2) is 47.9 Å². The number of carbonyl (C=O) groups excluding carboxylic acids is 1. The summed E-state index contributed by atoms with van der Waals surface area (Å²) in [6.45, 7) is 0. The third kappa shape index (κ3) is 3.73. The molecule has 0 fully saturated rings. The Bertz CT molecular complexity index is 534. The smallest absolute Gasteiger partial charge is 0.248 e. The van der Waals surface area contributed by atoms with E-state index < -0.39 is 0 Å². The Balaban J connectivity index is 1.98. The molecule has 1 N–H and O–H groups in total. The molecule has 0 aliphatic rings. The lowest BCUT2D eigenvalue weighted by Gasteiger charge is -2.01. The molecule has 0 aliphatic heterocycles. The summed E-state index contributed by atoms with van der Waals surface area (Å²) in [4.78, 5) is 12.6. The van der Waals surface area contributed by atoms with Gasteiger partial charge in [0.05, 0.1) is 0 Å². The van der Waals surface area contributed by atoms with Crippen LogP contribution in [0.1, 0.15) is 4.88 Å².